The Kier molecular flexibility index (Phi) is 7.00. The average Bonchev–Trinajstić information content (AvgIpc) is 2.43. The number of carbonyl (C=O) groups is 2. The van der Waals surface area contributed by atoms with Crippen molar-refractivity contribution < 1.29 is 14.3 Å². The van der Waals surface area contributed by atoms with Gasteiger partial charge in [0.05, 0.1) is 5.92 Å². The first-order chi connectivity index (χ1) is 11.1. The van der Waals surface area contributed by atoms with Crippen molar-refractivity contribution in [2.45, 2.75) is 53.2 Å². The number of hydrogen-bond acceptors (Lipinski definition) is 5. The van der Waals surface area contributed by atoms with Crippen LogP contribution in [0.2, 0.25) is 0 Å². The molecule has 24 heavy (non-hydrogen) atoms. The molecule has 2 atom stereocenters. The molecule has 0 aliphatic carbocycles. The van der Waals surface area contributed by atoms with E-state index in [1.807, 2.05) is 19.9 Å². The van der Waals surface area contributed by atoms with Gasteiger partial charge in [-0.15, -0.1) is 0 Å². The summed E-state index contributed by atoms with van der Waals surface area (Å²) < 4.78 is 5.24. The molecule has 1 aromatic rings. The zero-order chi connectivity index (χ0) is 18.3. The Hall–Kier alpha value is -2.31. The van der Waals surface area contributed by atoms with Crippen molar-refractivity contribution in [3.05, 3.63) is 24.4 Å². The standard InChI is InChI=1S/C17H28N4O3/c1-11(2)14(12(3)19-16(23)24-17(4,5)6)15(22)21-20-13-9-7-8-10-18-13/h7-12,14H,1-6H3,(H,18,20)(H,19,23)(H,21,22)/t12-,14-/m1/s1. The molecule has 134 valence electrons. The monoisotopic (exact) mass is 336 g/mol. The number of rotatable bonds is 6. The summed E-state index contributed by atoms with van der Waals surface area (Å²) >= 11 is 0. The maximum atomic E-state index is 12.5. The first-order valence-electron chi connectivity index (χ1n) is 8.06. The van der Waals surface area contributed by atoms with Gasteiger partial charge in [-0.1, -0.05) is 19.9 Å². The molecule has 0 saturated carbocycles. The van der Waals surface area contributed by atoms with E-state index in [1.165, 1.54) is 0 Å². The largest absolute Gasteiger partial charge is 0.444 e. The highest BCUT2D eigenvalue weighted by atomic mass is 16.6. The van der Waals surface area contributed by atoms with Crippen LogP contribution in [-0.2, 0) is 9.53 Å². The number of carbonyl (C=O) groups excluding carboxylic acids is 2. The van der Waals surface area contributed by atoms with Crippen molar-refractivity contribution in [2.75, 3.05) is 5.43 Å². The third-order valence-electron chi connectivity index (χ3n) is 3.28. The molecule has 1 rings (SSSR count). The highest BCUT2D eigenvalue weighted by Crippen LogP contribution is 2.17. The van der Waals surface area contributed by atoms with Crippen molar-refractivity contribution >= 4 is 17.8 Å². The van der Waals surface area contributed by atoms with Crippen LogP contribution >= 0.6 is 0 Å². The van der Waals surface area contributed by atoms with Gasteiger partial charge in [0.25, 0.3) is 0 Å². The third kappa shape index (κ3) is 6.85. The number of pyridine rings is 1. The smallest absolute Gasteiger partial charge is 0.407 e. The molecule has 3 N–H and O–H groups in total. The minimum atomic E-state index is -0.583. The highest BCUT2D eigenvalue weighted by molar-refractivity contribution is 5.81. The summed E-state index contributed by atoms with van der Waals surface area (Å²) in [4.78, 5) is 28.5. The number of hydrazine groups is 1. The lowest BCUT2D eigenvalue weighted by Crippen LogP contribution is -2.49. The number of amides is 2. The number of alkyl carbamates (subject to hydrolysis) is 1. The second kappa shape index (κ2) is 8.52. The predicted molar refractivity (Wildman–Crippen MR) is 93.2 cm³/mol. The fourth-order valence-electron chi connectivity index (χ4n) is 2.34. The number of anilines is 1. The summed E-state index contributed by atoms with van der Waals surface area (Å²) in [6, 6.07) is 4.96. The normalized spacial score (nSPS) is 13.8. The third-order valence-corrected chi connectivity index (χ3v) is 3.28. The van der Waals surface area contributed by atoms with E-state index in [2.05, 4.69) is 21.2 Å². The van der Waals surface area contributed by atoms with Gasteiger partial charge in [0.1, 0.15) is 11.4 Å². The predicted octanol–water partition coefficient (Wildman–Crippen LogP) is 2.71. The maximum Gasteiger partial charge on any atom is 0.407 e. The van der Waals surface area contributed by atoms with Crippen LogP contribution < -0.4 is 16.2 Å². The van der Waals surface area contributed by atoms with Crippen LogP contribution in [0.25, 0.3) is 0 Å². The Bertz CT molecular complexity index is 541. The molecule has 0 bridgehead atoms. The molecule has 0 radical (unpaired) electrons. The van der Waals surface area contributed by atoms with Gasteiger partial charge < -0.3 is 10.1 Å². The fraction of sp³-hybridized carbons (Fsp3) is 0.588. The van der Waals surface area contributed by atoms with Crippen molar-refractivity contribution in [1.29, 1.82) is 0 Å². The van der Waals surface area contributed by atoms with Crippen molar-refractivity contribution in [3.8, 4) is 0 Å². The van der Waals surface area contributed by atoms with Crippen LogP contribution in [0.15, 0.2) is 24.4 Å². The maximum absolute atomic E-state index is 12.5. The van der Waals surface area contributed by atoms with Gasteiger partial charge in [0, 0.05) is 12.2 Å². The molecule has 0 unspecified atom stereocenters. The first kappa shape index (κ1) is 19.7. The van der Waals surface area contributed by atoms with E-state index in [4.69, 9.17) is 4.74 Å². The van der Waals surface area contributed by atoms with Gasteiger partial charge in [-0.25, -0.2) is 9.78 Å². The van der Waals surface area contributed by atoms with Crippen LogP contribution in [0.3, 0.4) is 0 Å². The van der Waals surface area contributed by atoms with E-state index in [0.29, 0.717) is 5.82 Å². The number of hydrogen-bond donors (Lipinski definition) is 3. The molecule has 0 aliphatic heterocycles. The van der Waals surface area contributed by atoms with Gasteiger partial charge in [0.2, 0.25) is 5.91 Å². The molecule has 7 nitrogen and oxygen atoms in total. The Morgan fingerprint density at radius 3 is 2.33 bits per heavy atom. The SMILES string of the molecule is CC(C)[C@@H](C(=O)NNc1ccccn1)[C@@H](C)NC(=O)OC(C)(C)C. The van der Waals surface area contributed by atoms with Crippen molar-refractivity contribution in [3.63, 3.8) is 0 Å². The Morgan fingerprint density at radius 1 is 1.17 bits per heavy atom. The first-order valence-corrected chi connectivity index (χ1v) is 8.06. The van der Waals surface area contributed by atoms with Gasteiger partial charge >= 0.3 is 6.09 Å². The average molecular weight is 336 g/mol. The molecule has 0 aromatic carbocycles. The number of nitrogens with zero attached hydrogens (tertiary/aromatic N) is 1. The molecular formula is C17H28N4O3. The van der Waals surface area contributed by atoms with Crippen LogP contribution in [0.4, 0.5) is 10.6 Å². The number of aromatic nitrogens is 1. The van der Waals surface area contributed by atoms with Gasteiger partial charge in [-0.3, -0.25) is 15.6 Å². The second-order valence-corrected chi connectivity index (χ2v) is 7.03. The summed E-state index contributed by atoms with van der Waals surface area (Å²) in [5, 5.41) is 2.73. The molecule has 0 saturated heterocycles. The summed E-state index contributed by atoms with van der Waals surface area (Å²) in [6.45, 7) is 11.0. The van der Waals surface area contributed by atoms with Crippen LogP contribution in [0.1, 0.15) is 41.5 Å². The lowest BCUT2D eigenvalue weighted by Gasteiger charge is -2.28. The van der Waals surface area contributed by atoms with Crippen LogP contribution in [0.5, 0.6) is 0 Å². The molecule has 0 spiro atoms. The lowest BCUT2D eigenvalue weighted by atomic mass is 9.88. The molecule has 0 fully saturated rings. The van der Waals surface area contributed by atoms with E-state index in [1.54, 1.807) is 46.0 Å². The number of nitrogens with one attached hydrogen (secondary N) is 3. The zero-order valence-electron chi connectivity index (χ0n) is 15.2. The van der Waals surface area contributed by atoms with Gasteiger partial charge in [-0.05, 0) is 45.7 Å². The quantitative estimate of drug-likeness (QED) is 0.695. The van der Waals surface area contributed by atoms with Gasteiger partial charge in [0.15, 0.2) is 0 Å². The summed E-state index contributed by atoms with van der Waals surface area (Å²) in [7, 11) is 0. The minimum absolute atomic E-state index is 0.0282. The second-order valence-electron chi connectivity index (χ2n) is 7.03. The summed E-state index contributed by atoms with van der Waals surface area (Å²) in [6.07, 6.45) is 1.09. The van der Waals surface area contributed by atoms with Crippen LogP contribution in [0, 0.1) is 11.8 Å². The molecule has 1 aromatic heterocycles. The fourth-order valence-corrected chi connectivity index (χ4v) is 2.34. The van der Waals surface area contributed by atoms with Crippen molar-refractivity contribution in [2.24, 2.45) is 11.8 Å². The Morgan fingerprint density at radius 2 is 1.83 bits per heavy atom. The highest BCUT2D eigenvalue weighted by Gasteiger charge is 2.30. The lowest BCUT2D eigenvalue weighted by molar-refractivity contribution is -0.126. The van der Waals surface area contributed by atoms with E-state index < -0.39 is 17.6 Å². The summed E-state index contributed by atoms with van der Waals surface area (Å²) in [5.41, 5.74) is 4.83. The Balaban J connectivity index is 2.64. The van der Waals surface area contributed by atoms with Crippen LogP contribution in [-0.4, -0.2) is 28.6 Å². The molecule has 0 aliphatic rings. The molecule has 7 heteroatoms. The summed E-state index contributed by atoms with van der Waals surface area (Å²) in [5.74, 6) is -0.0745. The van der Waals surface area contributed by atoms with E-state index in [-0.39, 0.29) is 17.9 Å². The molecule has 2 amide bonds. The van der Waals surface area contributed by atoms with E-state index in [9.17, 15) is 9.59 Å². The van der Waals surface area contributed by atoms with E-state index in [0.717, 1.165) is 0 Å². The van der Waals surface area contributed by atoms with Crippen molar-refractivity contribution in [1.82, 2.24) is 15.7 Å². The molecular weight excluding hydrogens is 308 g/mol. The van der Waals surface area contributed by atoms with E-state index >= 15 is 0 Å². The minimum Gasteiger partial charge on any atom is -0.444 e. The Labute approximate surface area is 143 Å². The topological polar surface area (TPSA) is 92.4 Å². The molecule has 1 heterocycles. The van der Waals surface area contributed by atoms with Gasteiger partial charge in [-0.2, -0.15) is 0 Å². The number of ether oxygens (including phenoxy) is 1. The zero-order valence-corrected chi connectivity index (χ0v) is 15.2.